The van der Waals surface area contributed by atoms with Gasteiger partial charge in [0.05, 0.1) is 5.69 Å². The molecule has 0 radical (unpaired) electrons. The summed E-state index contributed by atoms with van der Waals surface area (Å²) in [4.78, 5) is 0. The van der Waals surface area contributed by atoms with Gasteiger partial charge in [0.1, 0.15) is 5.82 Å². The summed E-state index contributed by atoms with van der Waals surface area (Å²) in [5.74, 6) is 5.87. The molecule has 0 aromatic heterocycles. The van der Waals surface area contributed by atoms with E-state index in [2.05, 4.69) is 19.1 Å². The van der Waals surface area contributed by atoms with Crippen LogP contribution < -0.4 is 10.9 Å². The summed E-state index contributed by atoms with van der Waals surface area (Å²) in [6.07, 6.45) is 9.89. The van der Waals surface area contributed by atoms with Crippen LogP contribution in [0.5, 0.6) is 0 Å². The molecule has 2 N–H and O–H groups in total. The largest absolute Gasteiger partial charge is 0.283 e. The zero-order valence-electron chi connectivity index (χ0n) is 10.4. The fourth-order valence-electron chi connectivity index (χ4n) is 1.94. The molecule has 0 spiro atoms. The van der Waals surface area contributed by atoms with Crippen LogP contribution in [0.3, 0.4) is 0 Å². The van der Waals surface area contributed by atoms with Crippen LogP contribution in [0.1, 0.15) is 19.8 Å². The summed E-state index contributed by atoms with van der Waals surface area (Å²) in [6.45, 7) is 2.07. The van der Waals surface area contributed by atoms with Gasteiger partial charge in [0.15, 0.2) is 0 Å². The fraction of sp³-hybridized carbons (Fsp3) is 0.200. The second kappa shape index (κ2) is 5.65. The number of allylic oxidation sites excluding steroid dienone is 5. The van der Waals surface area contributed by atoms with E-state index in [1.54, 1.807) is 17.1 Å². The van der Waals surface area contributed by atoms with Crippen LogP contribution in [0.2, 0.25) is 0 Å². The van der Waals surface area contributed by atoms with Crippen molar-refractivity contribution in [3.63, 3.8) is 0 Å². The molecule has 0 unspecified atom stereocenters. The fourth-order valence-corrected chi connectivity index (χ4v) is 1.94. The van der Waals surface area contributed by atoms with E-state index in [9.17, 15) is 4.39 Å². The lowest BCUT2D eigenvalue weighted by atomic mass is 10.1. The first kappa shape index (κ1) is 12.6. The van der Waals surface area contributed by atoms with Gasteiger partial charge >= 0.3 is 0 Å². The molecule has 1 aromatic carbocycles. The Morgan fingerprint density at radius 1 is 1.06 bits per heavy atom. The Hall–Kier alpha value is -1.87. The Morgan fingerprint density at radius 2 is 1.67 bits per heavy atom. The first-order valence-corrected chi connectivity index (χ1v) is 5.99. The number of benzene rings is 1. The van der Waals surface area contributed by atoms with E-state index in [0.29, 0.717) is 0 Å². The highest BCUT2D eigenvalue weighted by Crippen LogP contribution is 2.23. The zero-order chi connectivity index (χ0) is 13.0. The molecule has 1 aromatic rings. The lowest BCUT2D eigenvalue weighted by Crippen LogP contribution is -2.30. The monoisotopic (exact) mass is 244 g/mol. The van der Waals surface area contributed by atoms with E-state index in [-0.39, 0.29) is 5.82 Å². The summed E-state index contributed by atoms with van der Waals surface area (Å²) in [6, 6.07) is 6.22. The van der Waals surface area contributed by atoms with E-state index >= 15 is 0 Å². The molecular weight excluding hydrogens is 227 g/mol. The van der Waals surface area contributed by atoms with Crippen LogP contribution in [-0.2, 0) is 0 Å². The SMILES string of the molecule is C/C1=C(\N(N)c2ccc(F)cc2)CC=C/C=C\C1. The molecule has 0 saturated heterocycles. The van der Waals surface area contributed by atoms with Crippen LogP contribution in [0.4, 0.5) is 10.1 Å². The maximum atomic E-state index is 12.9. The number of rotatable bonds is 2. The van der Waals surface area contributed by atoms with E-state index in [4.69, 9.17) is 5.84 Å². The molecule has 0 amide bonds. The quantitative estimate of drug-likeness (QED) is 0.635. The molecule has 0 saturated carbocycles. The van der Waals surface area contributed by atoms with Crippen molar-refractivity contribution in [3.05, 3.63) is 65.7 Å². The van der Waals surface area contributed by atoms with Crippen molar-refractivity contribution in [1.82, 2.24) is 0 Å². The van der Waals surface area contributed by atoms with Crippen LogP contribution >= 0.6 is 0 Å². The summed E-state index contributed by atoms with van der Waals surface area (Å²) in [5, 5.41) is 1.64. The normalized spacial score (nSPS) is 21.3. The Morgan fingerprint density at radius 3 is 2.33 bits per heavy atom. The third-order valence-corrected chi connectivity index (χ3v) is 3.01. The Bertz CT molecular complexity index is 498. The minimum Gasteiger partial charge on any atom is -0.283 e. The molecule has 0 atom stereocenters. The van der Waals surface area contributed by atoms with Crippen molar-refractivity contribution in [3.8, 4) is 0 Å². The van der Waals surface area contributed by atoms with E-state index in [1.807, 2.05) is 12.2 Å². The van der Waals surface area contributed by atoms with Gasteiger partial charge in [-0.25, -0.2) is 10.2 Å². The topological polar surface area (TPSA) is 29.3 Å². The molecule has 0 aliphatic heterocycles. The second-order valence-electron chi connectivity index (χ2n) is 4.34. The number of nitrogens with zero attached hydrogens (tertiary/aromatic N) is 1. The smallest absolute Gasteiger partial charge is 0.123 e. The summed E-state index contributed by atoms with van der Waals surface area (Å²) in [5.41, 5.74) is 3.08. The predicted molar refractivity (Wildman–Crippen MR) is 73.3 cm³/mol. The molecule has 2 nitrogen and oxygen atoms in total. The van der Waals surface area contributed by atoms with Gasteiger partial charge in [-0.15, -0.1) is 0 Å². The molecule has 3 heteroatoms. The first-order valence-electron chi connectivity index (χ1n) is 5.99. The van der Waals surface area contributed by atoms with Crippen LogP contribution in [0.15, 0.2) is 59.8 Å². The minimum atomic E-state index is -0.252. The number of hydrogen-bond acceptors (Lipinski definition) is 2. The molecule has 0 heterocycles. The summed E-state index contributed by atoms with van der Waals surface area (Å²) >= 11 is 0. The number of anilines is 1. The molecule has 18 heavy (non-hydrogen) atoms. The van der Waals surface area contributed by atoms with Gasteiger partial charge in [0.25, 0.3) is 0 Å². The molecule has 0 fully saturated rings. The maximum absolute atomic E-state index is 12.9. The molecule has 2 rings (SSSR count). The van der Waals surface area contributed by atoms with Crippen molar-refractivity contribution < 1.29 is 4.39 Å². The molecule has 1 aliphatic rings. The lowest BCUT2D eigenvalue weighted by molar-refractivity contribution is 0.627. The number of hydrazine groups is 1. The second-order valence-corrected chi connectivity index (χ2v) is 4.34. The molecule has 94 valence electrons. The maximum Gasteiger partial charge on any atom is 0.123 e. The highest BCUT2D eigenvalue weighted by molar-refractivity contribution is 5.51. The van der Waals surface area contributed by atoms with Crippen molar-refractivity contribution >= 4 is 5.69 Å². The Balaban J connectivity index is 2.29. The van der Waals surface area contributed by atoms with E-state index in [0.717, 1.165) is 24.2 Å². The average Bonchev–Trinajstić information content (AvgIpc) is 2.35. The van der Waals surface area contributed by atoms with Gasteiger partial charge < -0.3 is 0 Å². The lowest BCUT2D eigenvalue weighted by Gasteiger charge is -2.24. The van der Waals surface area contributed by atoms with Gasteiger partial charge in [-0.1, -0.05) is 24.3 Å². The summed E-state index contributed by atoms with van der Waals surface area (Å²) < 4.78 is 12.9. The van der Waals surface area contributed by atoms with Crippen LogP contribution in [0, 0.1) is 5.82 Å². The Kier molecular flexibility index (Phi) is 3.95. The van der Waals surface area contributed by atoms with Gasteiger partial charge in [0, 0.05) is 12.1 Å². The minimum absolute atomic E-state index is 0.252. The average molecular weight is 244 g/mol. The summed E-state index contributed by atoms with van der Waals surface area (Å²) in [7, 11) is 0. The van der Waals surface area contributed by atoms with Gasteiger partial charge in [-0.2, -0.15) is 0 Å². The predicted octanol–water partition coefficient (Wildman–Crippen LogP) is 3.69. The third kappa shape index (κ3) is 2.87. The standard InChI is InChI=1S/C15H17FN2/c1-12-6-4-2-3-5-7-15(12)18(17)14-10-8-13(16)9-11-14/h2-5,8-11H,6-7,17H2,1H3/b4-2-,5-3?,15-12+. The van der Waals surface area contributed by atoms with Crippen molar-refractivity contribution in [2.24, 2.45) is 5.84 Å². The zero-order valence-corrected chi connectivity index (χ0v) is 10.4. The van der Waals surface area contributed by atoms with Crippen molar-refractivity contribution in [1.29, 1.82) is 0 Å². The highest BCUT2D eigenvalue weighted by atomic mass is 19.1. The van der Waals surface area contributed by atoms with E-state index in [1.165, 1.54) is 17.7 Å². The first-order chi connectivity index (χ1) is 8.68. The van der Waals surface area contributed by atoms with Gasteiger partial charge in [0.2, 0.25) is 0 Å². The molecular formula is C15H17FN2. The Labute approximate surface area is 107 Å². The van der Waals surface area contributed by atoms with Crippen molar-refractivity contribution in [2.45, 2.75) is 19.8 Å². The third-order valence-electron chi connectivity index (χ3n) is 3.01. The highest BCUT2D eigenvalue weighted by Gasteiger charge is 2.10. The van der Waals surface area contributed by atoms with Gasteiger partial charge in [-0.3, -0.25) is 5.01 Å². The van der Waals surface area contributed by atoms with E-state index < -0.39 is 0 Å². The van der Waals surface area contributed by atoms with Crippen LogP contribution in [-0.4, -0.2) is 0 Å². The van der Waals surface area contributed by atoms with Crippen molar-refractivity contribution in [2.75, 3.05) is 5.01 Å². The number of nitrogens with two attached hydrogens (primary N) is 1. The number of halogens is 1. The molecule has 0 bridgehead atoms. The van der Waals surface area contributed by atoms with Gasteiger partial charge in [-0.05, 0) is 43.2 Å². The van der Waals surface area contributed by atoms with Crippen LogP contribution in [0.25, 0.3) is 0 Å². The molecule has 1 aliphatic carbocycles. The number of hydrogen-bond donors (Lipinski definition) is 1.